The molecule has 1 heterocycles. The lowest BCUT2D eigenvalue weighted by Crippen LogP contribution is -2.09. The third kappa shape index (κ3) is 5.03. The summed E-state index contributed by atoms with van der Waals surface area (Å²) in [4.78, 5) is 21.8. The summed E-state index contributed by atoms with van der Waals surface area (Å²) in [6.07, 6.45) is 1.75. The lowest BCUT2D eigenvalue weighted by atomic mass is 10.1. The number of nitrogens with zero attached hydrogens (tertiary/aromatic N) is 2. The number of rotatable bonds is 5. The first-order valence-electron chi connectivity index (χ1n) is 11.2. The first-order valence-corrected chi connectivity index (χ1v) is 11.9. The van der Waals surface area contributed by atoms with Crippen molar-refractivity contribution in [3.05, 3.63) is 111 Å². The van der Waals surface area contributed by atoms with Gasteiger partial charge in [-0.25, -0.2) is 9.78 Å². The third-order valence-corrected chi connectivity index (χ3v) is 6.23. The number of aromatic nitrogens is 1. The van der Waals surface area contributed by atoms with Crippen molar-refractivity contribution in [1.82, 2.24) is 4.98 Å². The van der Waals surface area contributed by atoms with Crippen molar-refractivity contribution in [3.8, 4) is 17.2 Å². The van der Waals surface area contributed by atoms with Gasteiger partial charge in [0.1, 0.15) is 11.3 Å². The minimum Gasteiger partial charge on any atom is -0.436 e. The van der Waals surface area contributed by atoms with Gasteiger partial charge in [0.25, 0.3) is 0 Å². The molecule has 5 rings (SSSR count). The average molecular weight is 515 g/mol. The summed E-state index contributed by atoms with van der Waals surface area (Å²) in [5.74, 6) is 0.366. The van der Waals surface area contributed by atoms with Crippen LogP contribution in [0.5, 0.6) is 5.75 Å². The summed E-state index contributed by atoms with van der Waals surface area (Å²) in [7, 11) is 0. The van der Waals surface area contributed by atoms with E-state index in [1.807, 2.05) is 62.4 Å². The molecule has 178 valence electrons. The fourth-order valence-corrected chi connectivity index (χ4v) is 4.04. The summed E-state index contributed by atoms with van der Waals surface area (Å²) >= 11 is 12.0. The monoisotopic (exact) mass is 514 g/mol. The smallest absolute Gasteiger partial charge is 0.345 e. The molecular formula is C29H20Cl2N2O3. The van der Waals surface area contributed by atoms with E-state index in [1.54, 1.807) is 30.5 Å². The molecule has 0 fully saturated rings. The Labute approximate surface area is 218 Å². The minimum atomic E-state index is -0.578. The Kier molecular flexibility index (Phi) is 6.59. The quantitative estimate of drug-likeness (QED) is 0.134. The van der Waals surface area contributed by atoms with Gasteiger partial charge in [0.2, 0.25) is 5.89 Å². The van der Waals surface area contributed by atoms with Crippen LogP contribution in [0.2, 0.25) is 10.0 Å². The van der Waals surface area contributed by atoms with Crippen molar-refractivity contribution < 1.29 is 13.9 Å². The van der Waals surface area contributed by atoms with Crippen LogP contribution in [0.1, 0.15) is 27.0 Å². The second kappa shape index (κ2) is 9.97. The van der Waals surface area contributed by atoms with E-state index in [9.17, 15) is 4.79 Å². The van der Waals surface area contributed by atoms with E-state index in [-0.39, 0.29) is 10.6 Å². The van der Waals surface area contributed by atoms with Crippen LogP contribution < -0.4 is 4.74 Å². The highest BCUT2D eigenvalue weighted by Crippen LogP contribution is 2.30. The average Bonchev–Trinajstić information content (AvgIpc) is 3.32. The van der Waals surface area contributed by atoms with Crippen LogP contribution in [-0.2, 0) is 0 Å². The number of aliphatic imine (C=N–C) groups is 1. The van der Waals surface area contributed by atoms with Gasteiger partial charge in [-0.3, -0.25) is 4.99 Å². The molecule has 0 radical (unpaired) electrons. The predicted octanol–water partition coefficient (Wildman–Crippen LogP) is 8.39. The molecule has 0 saturated heterocycles. The van der Waals surface area contributed by atoms with Crippen molar-refractivity contribution in [2.75, 3.05) is 0 Å². The number of benzene rings is 4. The topological polar surface area (TPSA) is 64.7 Å². The van der Waals surface area contributed by atoms with E-state index in [1.165, 1.54) is 6.07 Å². The molecule has 0 aliphatic carbocycles. The van der Waals surface area contributed by atoms with Gasteiger partial charge in [-0.15, -0.1) is 0 Å². The van der Waals surface area contributed by atoms with E-state index in [0.29, 0.717) is 16.7 Å². The molecule has 36 heavy (non-hydrogen) atoms. The highest BCUT2D eigenvalue weighted by atomic mass is 35.5. The van der Waals surface area contributed by atoms with Gasteiger partial charge < -0.3 is 9.15 Å². The molecule has 0 N–H and O–H groups in total. The number of hydrogen-bond acceptors (Lipinski definition) is 5. The molecule has 1 aromatic heterocycles. The molecule has 0 saturated carbocycles. The van der Waals surface area contributed by atoms with Crippen molar-refractivity contribution in [3.63, 3.8) is 0 Å². The molecule has 0 atom stereocenters. The zero-order chi connectivity index (χ0) is 25.2. The lowest BCUT2D eigenvalue weighted by molar-refractivity contribution is 0.0735. The van der Waals surface area contributed by atoms with E-state index in [2.05, 4.69) is 9.98 Å². The molecule has 0 aliphatic rings. The number of para-hydroxylation sites is 1. The Morgan fingerprint density at radius 1 is 0.944 bits per heavy atom. The number of carbonyl (C=O) groups excluding carboxylic acids is 1. The zero-order valence-corrected chi connectivity index (χ0v) is 21.0. The van der Waals surface area contributed by atoms with Crippen molar-refractivity contribution in [2.24, 2.45) is 4.99 Å². The van der Waals surface area contributed by atoms with Gasteiger partial charge in [0.15, 0.2) is 5.58 Å². The fourth-order valence-electron chi connectivity index (χ4n) is 3.67. The number of oxazole rings is 1. The maximum atomic E-state index is 12.4. The van der Waals surface area contributed by atoms with E-state index < -0.39 is 5.97 Å². The summed E-state index contributed by atoms with van der Waals surface area (Å²) < 4.78 is 11.4. The molecule has 0 aliphatic heterocycles. The molecule has 0 bridgehead atoms. The number of fused-ring (bicyclic) bond motifs is 1. The van der Waals surface area contributed by atoms with Gasteiger partial charge in [-0.05, 0) is 91.2 Å². The number of esters is 1. The highest BCUT2D eigenvalue weighted by Gasteiger charge is 2.14. The van der Waals surface area contributed by atoms with Crippen LogP contribution in [0.25, 0.3) is 22.6 Å². The fraction of sp³-hybridized carbons (Fsp3) is 0.0690. The lowest BCUT2D eigenvalue weighted by Gasteiger charge is -2.06. The zero-order valence-electron chi connectivity index (χ0n) is 19.5. The van der Waals surface area contributed by atoms with Crippen LogP contribution in [0.4, 0.5) is 5.69 Å². The molecule has 7 heteroatoms. The second-order valence-electron chi connectivity index (χ2n) is 8.28. The van der Waals surface area contributed by atoms with E-state index in [4.69, 9.17) is 32.4 Å². The van der Waals surface area contributed by atoms with Crippen molar-refractivity contribution in [1.29, 1.82) is 0 Å². The summed E-state index contributed by atoms with van der Waals surface area (Å²) in [5, 5.41) is 0.683. The molecule has 5 aromatic rings. The summed E-state index contributed by atoms with van der Waals surface area (Å²) in [6.45, 7) is 4.01. The van der Waals surface area contributed by atoms with Crippen molar-refractivity contribution >= 4 is 52.2 Å². The van der Waals surface area contributed by atoms with Crippen LogP contribution in [0, 0.1) is 13.8 Å². The predicted molar refractivity (Wildman–Crippen MR) is 144 cm³/mol. The van der Waals surface area contributed by atoms with Crippen LogP contribution in [0.3, 0.4) is 0 Å². The largest absolute Gasteiger partial charge is 0.436 e. The molecule has 5 nitrogen and oxygen atoms in total. The van der Waals surface area contributed by atoms with Gasteiger partial charge in [-0.1, -0.05) is 41.4 Å². The maximum Gasteiger partial charge on any atom is 0.345 e. The number of aryl methyl sites for hydroxylation is 2. The molecule has 0 unspecified atom stereocenters. The van der Waals surface area contributed by atoms with Crippen LogP contribution in [-0.4, -0.2) is 17.2 Å². The van der Waals surface area contributed by atoms with Gasteiger partial charge in [-0.2, -0.15) is 0 Å². The number of hydrogen-bond donors (Lipinski definition) is 0. The Bertz CT molecular complexity index is 1620. The molecular weight excluding hydrogens is 495 g/mol. The van der Waals surface area contributed by atoms with Crippen molar-refractivity contribution in [2.45, 2.75) is 13.8 Å². The summed E-state index contributed by atoms with van der Waals surface area (Å²) in [6, 6.07) is 23.5. The Balaban J connectivity index is 1.33. The first-order chi connectivity index (χ1) is 17.4. The van der Waals surface area contributed by atoms with Crippen LogP contribution >= 0.6 is 23.2 Å². The molecule has 0 spiro atoms. The number of carbonyl (C=O) groups is 1. The molecule has 0 amide bonds. The van der Waals surface area contributed by atoms with Gasteiger partial charge in [0.05, 0.1) is 16.3 Å². The van der Waals surface area contributed by atoms with E-state index in [0.717, 1.165) is 39.0 Å². The minimum absolute atomic E-state index is 0.208. The summed E-state index contributed by atoms with van der Waals surface area (Å²) in [5.41, 5.74) is 6.41. The molecule has 4 aromatic carbocycles. The third-order valence-electron chi connectivity index (χ3n) is 5.67. The highest BCUT2D eigenvalue weighted by molar-refractivity contribution is 6.35. The van der Waals surface area contributed by atoms with Crippen LogP contribution in [0.15, 0.2) is 88.3 Å². The Morgan fingerprint density at radius 3 is 2.53 bits per heavy atom. The van der Waals surface area contributed by atoms with E-state index >= 15 is 0 Å². The maximum absolute atomic E-state index is 12.4. The first kappa shape index (κ1) is 23.8. The van der Waals surface area contributed by atoms with Gasteiger partial charge >= 0.3 is 5.97 Å². The Morgan fingerprint density at radius 2 is 1.75 bits per heavy atom. The number of halogens is 2. The SMILES string of the molecule is Cc1ccc(-c2nc3c(C)cccc3o2)cc1N=Cc1ccc(OC(=O)c2cc(Cl)ccc2Cl)cc1. The normalized spacial score (nSPS) is 11.3. The number of ether oxygens (including phenoxy) is 1. The standard InChI is InChI=1S/C29H20Cl2N2O3/c1-17-6-9-20(28-33-27-18(2)4-3-5-26(27)36-28)14-25(17)32-16-19-7-11-22(12-8-19)35-29(34)23-15-21(30)10-13-24(23)31/h3-16H,1-2H3. The van der Waals surface area contributed by atoms with Gasteiger partial charge in [0, 0.05) is 16.8 Å². The Hall–Kier alpha value is -3.93. The second-order valence-corrected chi connectivity index (χ2v) is 9.13.